The minimum Gasteiger partial charge on any atom is -0.364 e. The third-order valence-electron chi connectivity index (χ3n) is 4.23. The summed E-state index contributed by atoms with van der Waals surface area (Å²) in [4.78, 5) is 22.3. The second kappa shape index (κ2) is 6.24. The zero-order chi connectivity index (χ0) is 18.1. The number of aryl methyl sites for hydroxylation is 2. The summed E-state index contributed by atoms with van der Waals surface area (Å²) in [6, 6.07) is 9.54. The summed E-state index contributed by atoms with van der Waals surface area (Å²) < 4.78 is 1.82. The molecule has 0 saturated heterocycles. The standard InChI is InChI=1S/C18H18N6O/c1-4-12-7-11(9-19)5-6-13(12)24(3)15-8-14-16(21-10-23(14)2)17(22-15)18(20)25/h5-8,10H,4H2,1-3H3,(H2,20,25). The Morgan fingerprint density at radius 2 is 2.16 bits per heavy atom. The van der Waals surface area contributed by atoms with Gasteiger partial charge >= 0.3 is 0 Å². The number of carbonyl (C=O) groups is 1. The molecule has 7 nitrogen and oxygen atoms in total. The first-order chi connectivity index (χ1) is 12.0. The molecule has 0 spiro atoms. The predicted molar refractivity (Wildman–Crippen MR) is 95.6 cm³/mol. The molecule has 25 heavy (non-hydrogen) atoms. The lowest BCUT2D eigenvalue weighted by Gasteiger charge is -2.22. The number of rotatable bonds is 4. The minimum absolute atomic E-state index is 0.145. The van der Waals surface area contributed by atoms with Crippen LogP contribution < -0.4 is 10.6 Å². The Labute approximate surface area is 145 Å². The lowest BCUT2D eigenvalue weighted by Crippen LogP contribution is -2.18. The maximum Gasteiger partial charge on any atom is 0.269 e. The first-order valence-electron chi connectivity index (χ1n) is 7.84. The van der Waals surface area contributed by atoms with E-state index in [4.69, 9.17) is 11.0 Å². The average Bonchev–Trinajstić information content (AvgIpc) is 3.00. The topological polar surface area (TPSA) is 101 Å². The Hall–Kier alpha value is -3.40. The van der Waals surface area contributed by atoms with E-state index >= 15 is 0 Å². The van der Waals surface area contributed by atoms with Crippen LogP contribution in [0.25, 0.3) is 11.0 Å². The van der Waals surface area contributed by atoms with Crippen molar-refractivity contribution in [2.75, 3.05) is 11.9 Å². The number of aromatic nitrogens is 3. The molecule has 0 saturated carbocycles. The molecule has 0 radical (unpaired) electrons. The van der Waals surface area contributed by atoms with E-state index in [9.17, 15) is 4.79 Å². The van der Waals surface area contributed by atoms with Crippen LogP contribution in [0.3, 0.4) is 0 Å². The van der Waals surface area contributed by atoms with Crippen molar-refractivity contribution in [3.8, 4) is 6.07 Å². The zero-order valence-electron chi connectivity index (χ0n) is 14.3. The van der Waals surface area contributed by atoms with Crippen LogP contribution in [-0.4, -0.2) is 27.5 Å². The predicted octanol–water partition coefficient (Wildman–Crippen LogP) is 2.27. The molecule has 0 aliphatic rings. The molecule has 0 unspecified atom stereocenters. The Morgan fingerprint density at radius 3 is 2.80 bits per heavy atom. The highest BCUT2D eigenvalue weighted by atomic mass is 16.1. The molecule has 3 aromatic rings. The summed E-state index contributed by atoms with van der Waals surface area (Å²) in [6.45, 7) is 2.03. The molecule has 0 fully saturated rings. The molecule has 126 valence electrons. The first-order valence-corrected chi connectivity index (χ1v) is 7.84. The van der Waals surface area contributed by atoms with Crippen molar-refractivity contribution in [2.45, 2.75) is 13.3 Å². The van der Waals surface area contributed by atoms with Gasteiger partial charge in [-0.15, -0.1) is 0 Å². The molecule has 0 atom stereocenters. The number of carbonyl (C=O) groups excluding carboxylic acids is 1. The van der Waals surface area contributed by atoms with Crippen molar-refractivity contribution in [1.82, 2.24) is 14.5 Å². The largest absolute Gasteiger partial charge is 0.364 e. The number of anilines is 2. The number of benzene rings is 1. The molecule has 2 aromatic heterocycles. The maximum absolute atomic E-state index is 11.8. The van der Waals surface area contributed by atoms with E-state index in [1.165, 1.54) is 0 Å². The van der Waals surface area contributed by atoms with Crippen LogP contribution in [0.5, 0.6) is 0 Å². The fourth-order valence-corrected chi connectivity index (χ4v) is 2.85. The van der Waals surface area contributed by atoms with Gasteiger partial charge in [-0.1, -0.05) is 6.92 Å². The fourth-order valence-electron chi connectivity index (χ4n) is 2.85. The Balaban J connectivity index is 2.18. The van der Waals surface area contributed by atoms with Gasteiger partial charge in [0.1, 0.15) is 11.3 Å². The quantitative estimate of drug-likeness (QED) is 0.788. The summed E-state index contributed by atoms with van der Waals surface area (Å²) in [7, 11) is 3.72. The van der Waals surface area contributed by atoms with Gasteiger partial charge in [0.15, 0.2) is 5.69 Å². The number of pyridine rings is 1. The number of imidazole rings is 1. The lowest BCUT2D eigenvalue weighted by atomic mass is 10.1. The smallest absolute Gasteiger partial charge is 0.269 e. The van der Waals surface area contributed by atoms with Crippen LogP contribution in [-0.2, 0) is 13.5 Å². The second-order valence-corrected chi connectivity index (χ2v) is 5.78. The maximum atomic E-state index is 11.8. The van der Waals surface area contributed by atoms with E-state index < -0.39 is 5.91 Å². The molecule has 0 aliphatic heterocycles. The second-order valence-electron chi connectivity index (χ2n) is 5.78. The van der Waals surface area contributed by atoms with Crippen molar-refractivity contribution in [2.24, 2.45) is 12.8 Å². The number of hydrogen-bond acceptors (Lipinski definition) is 5. The molecule has 1 aromatic carbocycles. The fraction of sp³-hybridized carbons (Fsp3) is 0.222. The van der Waals surface area contributed by atoms with Gasteiger partial charge in [0.2, 0.25) is 0 Å². The number of primary amides is 1. The average molecular weight is 334 g/mol. The Morgan fingerprint density at radius 1 is 1.40 bits per heavy atom. The van der Waals surface area contributed by atoms with E-state index in [1.54, 1.807) is 12.4 Å². The molecule has 0 aliphatic carbocycles. The first kappa shape index (κ1) is 16.5. The summed E-state index contributed by atoms with van der Waals surface area (Å²) in [6.07, 6.45) is 2.40. The molecule has 7 heteroatoms. The summed E-state index contributed by atoms with van der Waals surface area (Å²) in [5, 5.41) is 9.09. The summed E-state index contributed by atoms with van der Waals surface area (Å²) in [5.41, 5.74) is 9.45. The molecule has 0 bridgehead atoms. The SMILES string of the molecule is CCc1cc(C#N)ccc1N(C)c1cc2c(ncn2C)c(C(N)=O)n1. The number of hydrogen-bond donors (Lipinski definition) is 1. The monoisotopic (exact) mass is 334 g/mol. The molecule has 3 rings (SSSR count). The van der Waals surface area contributed by atoms with Crippen molar-refractivity contribution in [3.05, 3.63) is 47.4 Å². The van der Waals surface area contributed by atoms with Gasteiger partial charge in [0.25, 0.3) is 5.91 Å². The highest BCUT2D eigenvalue weighted by molar-refractivity contribution is 6.03. The van der Waals surface area contributed by atoms with Gasteiger partial charge < -0.3 is 15.2 Å². The van der Waals surface area contributed by atoms with Crippen molar-refractivity contribution >= 4 is 28.4 Å². The number of nitrogens with two attached hydrogens (primary N) is 1. The van der Waals surface area contributed by atoms with E-state index in [1.807, 2.05) is 48.7 Å². The van der Waals surface area contributed by atoms with E-state index in [-0.39, 0.29) is 5.69 Å². The molecule has 2 heterocycles. The Kier molecular flexibility index (Phi) is 4.11. The Bertz CT molecular complexity index is 1010. The molecule has 2 N–H and O–H groups in total. The number of amides is 1. The summed E-state index contributed by atoms with van der Waals surface area (Å²) in [5.74, 6) is -0.0289. The molecule has 1 amide bonds. The number of fused-ring (bicyclic) bond motifs is 1. The van der Waals surface area contributed by atoms with Crippen LogP contribution in [0, 0.1) is 11.3 Å². The zero-order valence-corrected chi connectivity index (χ0v) is 14.3. The van der Waals surface area contributed by atoms with Gasteiger partial charge in [-0.05, 0) is 30.2 Å². The van der Waals surface area contributed by atoms with Crippen LogP contribution in [0.2, 0.25) is 0 Å². The van der Waals surface area contributed by atoms with Crippen molar-refractivity contribution in [3.63, 3.8) is 0 Å². The van der Waals surface area contributed by atoms with Gasteiger partial charge in [-0.25, -0.2) is 9.97 Å². The van der Waals surface area contributed by atoms with Crippen molar-refractivity contribution in [1.29, 1.82) is 5.26 Å². The summed E-state index contributed by atoms with van der Waals surface area (Å²) >= 11 is 0. The molecular formula is C18H18N6O. The van der Waals surface area contributed by atoms with Crippen LogP contribution >= 0.6 is 0 Å². The van der Waals surface area contributed by atoms with Gasteiger partial charge in [0, 0.05) is 25.8 Å². The van der Waals surface area contributed by atoms with E-state index in [0.717, 1.165) is 23.2 Å². The third-order valence-corrected chi connectivity index (χ3v) is 4.23. The van der Waals surface area contributed by atoms with Gasteiger partial charge in [0.05, 0.1) is 23.5 Å². The van der Waals surface area contributed by atoms with Crippen LogP contribution in [0.4, 0.5) is 11.5 Å². The number of nitrogens with zero attached hydrogens (tertiary/aromatic N) is 5. The van der Waals surface area contributed by atoms with E-state index in [2.05, 4.69) is 16.0 Å². The number of nitriles is 1. The lowest BCUT2D eigenvalue weighted by molar-refractivity contribution is 0.0997. The van der Waals surface area contributed by atoms with Gasteiger partial charge in [-0.2, -0.15) is 5.26 Å². The van der Waals surface area contributed by atoms with Crippen LogP contribution in [0.15, 0.2) is 30.6 Å². The highest BCUT2D eigenvalue weighted by Gasteiger charge is 2.18. The third kappa shape index (κ3) is 2.78. The highest BCUT2D eigenvalue weighted by Crippen LogP contribution is 2.29. The van der Waals surface area contributed by atoms with Crippen LogP contribution in [0.1, 0.15) is 28.5 Å². The normalized spacial score (nSPS) is 10.6. The van der Waals surface area contributed by atoms with Gasteiger partial charge in [-0.3, -0.25) is 4.79 Å². The van der Waals surface area contributed by atoms with Crippen molar-refractivity contribution < 1.29 is 4.79 Å². The van der Waals surface area contributed by atoms with E-state index in [0.29, 0.717) is 16.9 Å². The molecular weight excluding hydrogens is 316 g/mol. The minimum atomic E-state index is -0.616.